The van der Waals surface area contributed by atoms with Crippen molar-refractivity contribution in [2.24, 2.45) is 0 Å². The van der Waals surface area contributed by atoms with Crippen molar-refractivity contribution in [1.82, 2.24) is 5.32 Å². The van der Waals surface area contributed by atoms with Gasteiger partial charge in [0.25, 0.3) is 5.79 Å². The summed E-state index contributed by atoms with van der Waals surface area (Å²) in [6, 6.07) is 12.4. The first-order valence-corrected chi connectivity index (χ1v) is 8.13. The van der Waals surface area contributed by atoms with Gasteiger partial charge in [-0.3, -0.25) is 0 Å². The second-order valence-electron chi connectivity index (χ2n) is 6.36. The Morgan fingerprint density at radius 2 is 1.75 bits per heavy atom. The molecule has 2 aromatic rings. The molecule has 3 nitrogen and oxygen atoms in total. The first kappa shape index (κ1) is 17.1. The molecule has 1 N–H and O–H groups in total. The third kappa shape index (κ3) is 2.96. The summed E-state index contributed by atoms with van der Waals surface area (Å²) in [6.07, 6.45) is 2.21. The Bertz CT molecular complexity index is 716. The van der Waals surface area contributed by atoms with Crippen molar-refractivity contribution in [3.8, 4) is 11.5 Å². The summed E-state index contributed by atoms with van der Waals surface area (Å²) in [5.41, 5.74) is 2.03. The van der Waals surface area contributed by atoms with Crippen LogP contribution in [-0.2, 0) is 5.79 Å². The van der Waals surface area contributed by atoms with Crippen LogP contribution in [0, 0.1) is 5.82 Å². The van der Waals surface area contributed by atoms with E-state index in [1.54, 1.807) is 12.1 Å². The van der Waals surface area contributed by atoms with Crippen LogP contribution in [0.4, 0.5) is 4.39 Å². The zero-order valence-corrected chi connectivity index (χ0v) is 14.4. The van der Waals surface area contributed by atoms with Crippen LogP contribution >= 0.6 is 12.4 Å². The van der Waals surface area contributed by atoms with E-state index in [1.807, 2.05) is 19.1 Å². The smallest absolute Gasteiger partial charge is 0.275 e. The summed E-state index contributed by atoms with van der Waals surface area (Å²) in [7, 11) is 0. The maximum atomic E-state index is 13.2. The maximum absolute atomic E-state index is 13.2. The highest BCUT2D eigenvalue weighted by Gasteiger charge is 2.40. The number of para-hydroxylation sites is 1. The summed E-state index contributed by atoms with van der Waals surface area (Å²) in [5, 5.41) is 3.39. The minimum atomic E-state index is -0.904. The van der Waals surface area contributed by atoms with E-state index in [9.17, 15) is 4.39 Å². The Kier molecular flexibility index (Phi) is 4.70. The van der Waals surface area contributed by atoms with Crippen LogP contribution in [0.15, 0.2) is 42.5 Å². The third-order valence-electron chi connectivity index (χ3n) is 4.76. The minimum absolute atomic E-state index is 0. The molecule has 24 heavy (non-hydrogen) atoms. The molecule has 0 aromatic heterocycles. The Labute approximate surface area is 147 Å². The standard InChI is InChI=1S/C19H20FNO2.ClH/c1-19(14-5-7-15(20)8-6-14)22-17-4-2-3-16(18(17)23-19)13-9-11-21-12-10-13;/h2-8,13,21H,9-12H2,1H3;1H. The molecule has 1 atom stereocenters. The second-order valence-corrected chi connectivity index (χ2v) is 6.36. The van der Waals surface area contributed by atoms with Crippen molar-refractivity contribution >= 4 is 12.4 Å². The molecule has 2 heterocycles. The Hall–Kier alpha value is -1.78. The van der Waals surface area contributed by atoms with Crippen molar-refractivity contribution in [2.45, 2.75) is 31.5 Å². The average molecular weight is 350 g/mol. The molecule has 0 radical (unpaired) electrons. The second kappa shape index (κ2) is 6.61. The Morgan fingerprint density at radius 3 is 2.46 bits per heavy atom. The van der Waals surface area contributed by atoms with Crippen molar-refractivity contribution < 1.29 is 13.9 Å². The number of piperidine rings is 1. The van der Waals surface area contributed by atoms with Crippen molar-refractivity contribution in [1.29, 1.82) is 0 Å². The van der Waals surface area contributed by atoms with E-state index in [0.717, 1.165) is 43.0 Å². The highest BCUT2D eigenvalue weighted by Crippen LogP contribution is 2.48. The van der Waals surface area contributed by atoms with Crippen LogP contribution in [0.1, 0.15) is 36.8 Å². The fraction of sp³-hybridized carbons (Fsp3) is 0.368. The maximum Gasteiger partial charge on any atom is 0.275 e. The van der Waals surface area contributed by atoms with E-state index in [4.69, 9.17) is 9.47 Å². The van der Waals surface area contributed by atoms with Crippen LogP contribution in [0.25, 0.3) is 0 Å². The minimum Gasteiger partial charge on any atom is -0.445 e. The summed E-state index contributed by atoms with van der Waals surface area (Å²) in [4.78, 5) is 0. The topological polar surface area (TPSA) is 30.5 Å². The van der Waals surface area contributed by atoms with Crippen molar-refractivity contribution in [3.63, 3.8) is 0 Å². The lowest BCUT2D eigenvalue weighted by atomic mass is 9.89. The quantitative estimate of drug-likeness (QED) is 0.873. The van der Waals surface area contributed by atoms with Gasteiger partial charge in [0.15, 0.2) is 11.5 Å². The molecule has 0 saturated carbocycles. The monoisotopic (exact) mass is 349 g/mol. The van der Waals surface area contributed by atoms with Crippen molar-refractivity contribution in [2.75, 3.05) is 13.1 Å². The number of benzene rings is 2. The Balaban J connectivity index is 0.00000169. The summed E-state index contributed by atoms with van der Waals surface area (Å²) < 4.78 is 25.5. The lowest BCUT2D eigenvalue weighted by molar-refractivity contribution is -0.0685. The van der Waals surface area contributed by atoms with Gasteiger partial charge in [0.1, 0.15) is 5.82 Å². The van der Waals surface area contributed by atoms with Gasteiger partial charge in [0.2, 0.25) is 0 Å². The predicted molar refractivity (Wildman–Crippen MR) is 93.5 cm³/mol. The molecule has 0 spiro atoms. The van der Waals surface area contributed by atoms with Crippen LogP contribution < -0.4 is 14.8 Å². The van der Waals surface area contributed by atoms with Crippen LogP contribution in [0.5, 0.6) is 11.5 Å². The summed E-state index contributed by atoms with van der Waals surface area (Å²) >= 11 is 0. The first-order valence-electron chi connectivity index (χ1n) is 8.13. The lowest BCUT2D eigenvalue weighted by Crippen LogP contribution is -2.31. The van der Waals surface area contributed by atoms with E-state index >= 15 is 0 Å². The molecule has 0 bridgehead atoms. The predicted octanol–water partition coefficient (Wildman–Crippen LogP) is 4.36. The summed E-state index contributed by atoms with van der Waals surface area (Å²) in [5.74, 6) is 0.937. The molecule has 0 aliphatic carbocycles. The van der Waals surface area contributed by atoms with Crippen molar-refractivity contribution in [3.05, 3.63) is 59.4 Å². The van der Waals surface area contributed by atoms with E-state index in [2.05, 4.69) is 11.4 Å². The first-order chi connectivity index (χ1) is 11.2. The molecule has 1 saturated heterocycles. The van der Waals surface area contributed by atoms with E-state index < -0.39 is 5.79 Å². The molecule has 2 aromatic carbocycles. The van der Waals surface area contributed by atoms with Gasteiger partial charge in [-0.05, 0) is 62.2 Å². The fourth-order valence-electron chi connectivity index (χ4n) is 3.47. The largest absolute Gasteiger partial charge is 0.445 e. The highest BCUT2D eigenvalue weighted by molar-refractivity contribution is 5.85. The zero-order valence-electron chi connectivity index (χ0n) is 13.5. The van der Waals surface area contributed by atoms with Gasteiger partial charge in [0.05, 0.1) is 0 Å². The molecule has 2 aliphatic heterocycles. The van der Waals surface area contributed by atoms with Gasteiger partial charge >= 0.3 is 0 Å². The molecule has 5 heteroatoms. The number of halogens is 2. The average Bonchev–Trinajstić information content (AvgIpc) is 2.93. The third-order valence-corrected chi connectivity index (χ3v) is 4.76. The van der Waals surface area contributed by atoms with Crippen LogP contribution in [0.3, 0.4) is 0 Å². The number of fused-ring (bicyclic) bond motifs is 1. The number of hydrogen-bond acceptors (Lipinski definition) is 3. The number of hydrogen-bond donors (Lipinski definition) is 1. The molecular formula is C19H21ClFNO2. The number of rotatable bonds is 2. The molecular weight excluding hydrogens is 329 g/mol. The van der Waals surface area contributed by atoms with Gasteiger partial charge in [-0.25, -0.2) is 4.39 Å². The molecule has 1 unspecified atom stereocenters. The van der Waals surface area contributed by atoms with E-state index in [0.29, 0.717) is 5.92 Å². The van der Waals surface area contributed by atoms with Gasteiger partial charge < -0.3 is 14.8 Å². The molecule has 0 amide bonds. The fourth-order valence-corrected chi connectivity index (χ4v) is 3.47. The SMILES string of the molecule is CC1(c2ccc(F)cc2)Oc2cccc(C3CCNCC3)c2O1.Cl. The van der Waals surface area contributed by atoms with E-state index in [-0.39, 0.29) is 18.2 Å². The zero-order chi connectivity index (χ0) is 15.9. The molecule has 2 aliphatic rings. The summed E-state index contributed by atoms with van der Waals surface area (Å²) in [6.45, 7) is 3.95. The molecule has 4 rings (SSSR count). The van der Waals surface area contributed by atoms with Gasteiger partial charge in [-0.2, -0.15) is 0 Å². The Morgan fingerprint density at radius 1 is 1.04 bits per heavy atom. The van der Waals surface area contributed by atoms with Gasteiger partial charge in [-0.15, -0.1) is 12.4 Å². The van der Waals surface area contributed by atoms with Crippen LogP contribution in [0.2, 0.25) is 0 Å². The normalized spacial score (nSPS) is 22.9. The molecule has 1 fully saturated rings. The van der Waals surface area contributed by atoms with Gasteiger partial charge in [0, 0.05) is 18.1 Å². The van der Waals surface area contributed by atoms with Gasteiger partial charge in [-0.1, -0.05) is 12.1 Å². The number of nitrogens with one attached hydrogen (secondary N) is 1. The van der Waals surface area contributed by atoms with E-state index in [1.165, 1.54) is 17.7 Å². The number of ether oxygens (including phenoxy) is 2. The highest BCUT2D eigenvalue weighted by atomic mass is 35.5. The molecule has 128 valence electrons. The van der Waals surface area contributed by atoms with Crippen LogP contribution in [-0.4, -0.2) is 13.1 Å². The lowest BCUT2D eigenvalue weighted by Gasteiger charge is -2.26.